The Morgan fingerprint density at radius 3 is 2.23 bits per heavy atom. The van der Waals surface area contributed by atoms with Gasteiger partial charge in [0.05, 0.1) is 11.9 Å². The molecule has 0 saturated carbocycles. The van der Waals surface area contributed by atoms with Crippen LogP contribution in [0.5, 0.6) is 0 Å². The van der Waals surface area contributed by atoms with Crippen molar-refractivity contribution >= 4 is 39.1 Å². The summed E-state index contributed by atoms with van der Waals surface area (Å²) in [4.78, 5) is 25.9. The van der Waals surface area contributed by atoms with Gasteiger partial charge in [0.1, 0.15) is 6.04 Å². The van der Waals surface area contributed by atoms with E-state index in [2.05, 4.69) is 0 Å². The van der Waals surface area contributed by atoms with Crippen LogP contribution in [0.3, 0.4) is 0 Å². The lowest BCUT2D eigenvalue weighted by Crippen LogP contribution is -2.53. The van der Waals surface area contributed by atoms with Gasteiger partial charge in [-0.15, -0.1) is 0 Å². The molecular formula is C17H24ClN3O4S. The molecule has 1 saturated heterocycles. The molecule has 1 aliphatic heterocycles. The Morgan fingerprint density at radius 1 is 1.27 bits per heavy atom. The number of amides is 2. The molecule has 2 N–H and O–H groups in total. The van der Waals surface area contributed by atoms with Gasteiger partial charge in [0.2, 0.25) is 21.8 Å². The quantitative estimate of drug-likeness (QED) is 0.782. The lowest BCUT2D eigenvalue weighted by atomic mass is 9.95. The van der Waals surface area contributed by atoms with Gasteiger partial charge in [-0.05, 0) is 43.5 Å². The van der Waals surface area contributed by atoms with Gasteiger partial charge in [-0.1, -0.05) is 18.5 Å². The van der Waals surface area contributed by atoms with Gasteiger partial charge in [-0.25, -0.2) is 8.42 Å². The molecule has 0 bridgehead atoms. The predicted molar refractivity (Wildman–Crippen MR) is 101 cm³/mol. The highest BCUT2D eigenvalue weighted by Crippen LogP contribution is 2.26. The number of benzene rings is 1. The molecule has 26 heavy (non-hydrogen) atoms. The van der Waals surface area contributed by atoms with Crippen molar-refractivity contribution < 1.29 is 18.0 Å². The number of primary amides is 1. The van der Waals surface area contributed by atoms with E-state index in [-0.39, 0.29) is 17.7 Å². The summed E-state index contributed by atoms with van der Waals surface area (Å²) in [5.41, 5.74) is 5.72. The maximum atomic E-state index is 13.0. The van der Waals surface area contributed by atoms with Crippen molar-refractivity contribution in [3.05, 3.63) is 29.3 Å². The topological polar surface area (TPSA) is 101 Å². The summed E-state index contributed by atoms with van der Waals surface area (Å²) in [6.45, 7) is 2.55. The monoisotopic (exact) mass is 401 g/mol. The van der Waals surface area contributed by atoms with Crippen LogP contribution in [0, 0.1) is 5.92 Å². The number of hydrogen-bond donors (Lipinski definition) is 1. The molecule has 1 aromatic rings. The van der Waals surface area contributed by atoms with Crippen LogP contribution in [0.25, 0.3) is 0 Å². The number of halogens is 1. The van der Waals surface area contributed by atoms with Gasteiger partial charge in [0, 0.05) is 24.0 Å². The second-order valence-corrected chi connectivity index (χ2v) is 8.76. The average molecular weight is 402 g/mol. The molecule has 7 nitrogen and oxygen atoms in total. The van der Waals surface area contributed by atoms with E-state index in [1.54, 1.807) is 36.1 Å². The SMILES string of the molecule is CCC(C(=O)N1CCC(C(N)=O)CC1)N(c1ccc(Cl)cc1)S(C)(=O)=O. The van der Waals surface area contributed by atoms with Crippen molar-refractivity contribution in [3.63, 3.8) is 0 Å². The minimum Gasteiger partial charge on any atom is -0.369 e. The molecule has 2 rings (SSSR count). The number of nitrogens with two attached hydrogens (primary N) is 1. The maximum absolute atomic E-state index is 13.0. The molecule has 0 radical (unpaired) electrons. The highest BCUT2D eigenvalue weighted by Gasteiger charge is 2.36. The number of anilines is 1. The Hall–Kier alpha value is -1.80. The first-order valence-corrected chi connectivity index (χ1v) is 10.7. The minimum absolute atomic E-state index is 0.235. The molecule has 0 spiro atoms. The zero-order valence-electron chi connectivity index (χ0n) is 14.9. The normalized spacial score (nSPS) is 17.0. The van der Waals surface area contributed by atoms with Gasteiger partial charge in [0.15, 0.2) is 0 Å². The zero-order valence-corrected chi connectivity index (χ0v) is 16.5. The Kier molecular flexibility index (Phi) is 6.52. The van der Waals surface area contributed by atoms with Crippen molar-refractivity contribution in [2.24, 2.45) is 11.7 Å². The van der Waals surface area contributed by atoms with Gasteiger partial charge < -0.3 is 10.6 Å². The van der Waals surface area contributed by atoms with E-state index in [9.17, 15) is 18.0 Å². The zero-order chi connectivity index (χ0) is 19.5. The van der Waals surface area contributed by atoms with Crippen LogP contribution in [-0.4, -0.2) is 50.5 Å². The van der Waals surface area contributed by atoms with Crippen molar-refractivity contribution in [3.8, 4) is 0 Å². The first-order chi connectivity index (χ1) is 12.1. The summed E-state index contributed by atoms with van der Waals surface area (Å²) in [7, 11) is -3.68. The average Bonchev–Trinajstić information content (AvgIpc) is 2.59. The van der Waals surface area contributed by atoms with E-state index >= 15 is 0 Å². The number of sulfonamides is 1. The number of carbonyl (C=O) groups excluding carboxylic acids is 2. The first kappa shape index (κ1) is 20.5. The Bertz CT molecular complexity index is 759. The highest BCUT2D eigenvalue weighted by atomic mass is 35.5. The lowest BCUT2D eigenvalue weighted by molar-refractivity contribution is -0.135. The molecule has 1 heterocycles. The van der Waals surface area contributed by atoms with E-state index < -0.39 is 16.1 Å². The fourth-order valence-electron chi connectivity index (χ4n) is 3.23. The Labute approximate surface area is 159 Å². The Balaban J connectivity index is 2.26. The summed E-state index contributed by atoms with van der Waals surface area (Å²) >= 11 is 5.89. The molecule has 9 heteroatoms. The largest absolute Gasteiger partial charge is 0.369 e. The van der Waals surface area contributed by atoms with Crippen molar-refractivity contribution in [1.29, 1.82) is 0 Å². The maximum Gasteiger partial charge on any atom is 0.246 e. The molecule has 0 aliphatic carbocycles. The van der Waals surface area contributed by atoms with Gasteiger partial charge in [-0.2, -0.15) is 0 Å². The standard InChI is InChI=1S/C17H24ClN3O4S/c1-3-15(17(23)20-10-8-12(9-11-20)16(19)22)21(26(2,24)25)14-6-4-13(18)5-7-14/h4-7,12,15H,3,8-11H2,1-2H3,(H2,19,22). The number of carbonyl (C=O) groups is 2. The molecule has 1 aromatic carbocycles. The molecule has 2 amide bonds. The molecule has 1 aliphatic rings. The summed E-state index contributed by atoms with van der Waals surface area (Å²) in [5.74, 6) is -0.861. The smallest absolute Gasteiger partial charge is 0.246 e. The molecule has 1 fully saturated rings. The molecule has 0 aromatic heterocycles. The van der Waals surface area contributed by atoms with Crippen molar-refractivity contribution in [1.82, 2.24) is 4.90 Å². The highest BCUT2D eigenvalue weighted by molar-refractivity contribution is 7.92. The summed E-state index contributed by atoms with van der Waals surface area (Å²) in [6, 6.07) is 5.49. The van der Waals surface area contributed by atoms with Crippen LogP contribution in [0.15, 0.2) is 24.3 Å². The number of piperidine rings is 1. The third kappa shape index (κ3) is 4.67. The number of likely N-dealkylation sites (tertiary alicyclic amines) is 1. The van der Waals surface area contributed by atoms with Crippen LogP contribution in [0.2, 0.25) is 5.02 Å². The van der Waals surface area contributed by atoms with Gasteiger partial charge in [0.25, 0.3) is 0 Å². The lowest BCUT2D eigenvalue weighted by Gasteiger charge is -2.37. The number of rotatable bonds is 6. The van der Waals surface area contributed by atoms with Crippen LogP contribution in [0.1, 0.15) is 26.2 Å². The number of nitrogens with zero attached hydrogens (tertiary/aromatic N) is 2. The third-order valence-electron chi connectivity index (χ3n) is 4.60. The fraction of sp³-hybridized carbons (Fsp3) is 0.529. The van der Waals surface area contributed by atoms with E-state index in [4.69, 9.17) is 17.3 Å². The number of hydrogen-bond acceptors (Lipinski definition) is 4. The molecule has 1 atom stereocenters. The van der Waals surface area contributed by atoms with E-state index in [1.165, 1.54) is 0 Å². The molecule has 1 unspecified atom stereocenters. The second kappa shape index (κ2) is 8.26. The summed E-state index contributed by atoms with van der Waals surface area (Å²) in [6.07, 6.45) is 2.40. The van der Waals surface area contributed by atoms with E-state index in [0.29, 0.717) is 43.1 Å². The van der Waals surface area contributed by atoms with E-state index in [0.717, 1.165) is 10.6 Å². The first-order valence-electron chi connectivity index (χ1n) is 8.48. The van der Waals surface area contributed by atoms with Gasteiger partial charge in [-0.3, -0.25) is 13.9 Å². The molecular weight excluding hydrogens is 378 g/mol. The van der Waals surface area contributed by atoms with Crippen LogP contribution in [-0.2, 0) is 19.6 Å². The molecule has 144 valence electrons. The third-order valence-corrected chi connectivity index (χ3v) is 6.03. The fourth-order valence-corrected chi connectivity index (χ4v) is 4.56. The Morgan fingerprint density at radius 2 is 1.81 bits per heavy atom. The van der Waals surface area contributed by atoms with Crippen molar-refractivity contribution in [2.75, 3.05) is 23.7 Å². The van der Waals surface area contributed by atoms with E-state index in [1.807, 2.05) is 0 Å². The summed E-state index contributed by atoms with van der Waals surface area (Å²) < 4.78 is 26.0. The second-order valence-electron chi connectivity index (χ2n) is 6.46. The minimum atomic E-state index is -3.68. The summed E-state index contributed by atoms with van der Waals surface area (Å²) in [5, 5.41) is 0.482. The van der Waals surface area contributed by atoms with Crippen LogP contribution < -0.4 is 10.0 Å². The van der Waals surface area contributed by atoms with Crippen LogP contribution >= 0.6 is 11.6 Å². The van der Waals surface area contributed by atoms with Crippen molar-refractivity contribution in [2.45, 2.75) is 32.2 Å². The van der Waals surface area contributed by atoms with Crippen LogP contribution in [0.4, 0.5) is 5.69 Å². The van der Waals surface area contributed by atoms with Gasteiger partial charge >= 0.3 is 0 Å². The predicted octanol–water partition coefficient (Wildman–Crippen LogP) is 1.61.